The third kappa shape index (κ3) is 4.80. The molecule has 234 valence electrons. The maximum absolute atomic E-state index is 14.6. The van der Waals surface area contributed by atoms with Crippen molar-refractivity contribution < 1.29 is 58.0 Å². The van der Waals surface area contributed by atoms with E-state index in [1.165, 1.54) is 26.0 Å². The number of carbonyl (C=O) groups is 2. The molecular formula is C29H35F3N3O8+. The lowest BCUT2D eigenvalue weighted by molar-refractivity contribution is -0.429. The van der Waals surface area contributed by atoms with Crippen LogP contribution >= 0.6 is 0 Å². The van der Waals surface area contributed by atoms with Gasteiger partial charge in [0.05, 0.1) is 23.8 Å². The van der Waals surface area contributed by atoms with E-state index in [1.54, 1.807) is 0 Å². The largest absolute Gasteiger partial charge is 0.508 e. The smallest absolute Gasteiger partial charge is 0.417 e. The van der Waals surface area contributed by atoms with Crippen LogP contribution < -0.4 is 10.3 Å². The van der Waals surface area contributed by atoms with Crippen molar-refractivity contribution in [3.05, 3.63) is 45.2 Å². The highest BCUT2D eigenvalue weighted by Crippen LogP contribution is 2.54. The Bertz CT molecular complexity index is 1460. The third-order valence-electron chi connectivity index (χ3n) is 9.09. The first-order chi connectivity index (χ1) is 20.1. The highest BCUT2D eigenvalue weighted by Gasteiger charge is 2.65. The van der Waals surface area contributed by atoms with Gasteiger partial charge >= 0.3 is 12.1 Å². The van der Waals surface area contributed by atoms with Gasteiger partial charge in [0, 0.05) is 31.2 Å². The Balaban J connectivity index is 1.65. The van der Waals surface area contributed by atoms with E-state index in [-0.39, 0.29) is 24.4 Å². The van der Waals surface area contributed by atoms with Gasteiger partial charge in [0.1, 0.15) is 18.6 Å². The van der Waals surface area contributed by atoms with E-state index in [2.05, 4.69) is 10.3 Å². The van der Waals surface area contributed by atoms with Gasteiger partial charge in [-0.3, -0.25) is 14.5 Å². The number of fused-ring (bicyclic) bond motifs is 3. The first-order valence-corrected chi connectivity index (χ1v) is 14.0. The zero-order valence-electron chi connectivity index (χ0n) is 23.9. The fourth-order valence-corrected chi connectivity index (χ4v) is 7.15. The molecule has 43 heavy (non-hydrogen) atoms. The first kappa shape index (κ1) is 31.0. The molecule has 0 spiro atoms. The summed E-state index contributed by atoms with van der Waals surface area (Å²) >= 11 is 0. The normalized spacial score (nSPS) is 29.7. The average Bonchev–Trinajstić information content (AvgIpc) is 3.43. The zero-order valence-corrected chi connectivity index (χ0v) is 23.9. The molecule has 0 radical (unpaired) electrons. The molecule has 1 aromatic rings. The maximum Gasteiger partial charge on any atom is 0.417 e. The summed E-state index contributed by atoms with van der Waals surface area (Å²) in [6.07, 6.45) is -4.81. The van der Waals surface area contributed by atoms with Crippen LogP contribution in [0.25, 0.3) is 5.76 Å². The number of aliphatic hydroxyl groups excluding tert-OH is 3. The van der Waals surface area contributed by atoms with Crippen LogP contribution in [0.3, 0.4) is 0 Å². The van der Waals surface area contributed by atoms with Gasteiger partial charge in [0.2, 0.25) is 5.78 Å². The number of Topliss-reactive ketones (excluding diaryl/α,β-unsaturated/α-hetero) is 2. The Morgan fingerprint density at radius 3 is 2.51 bits per heavy atom. The van der Waals surface area contributed by atoms with Crippen molar-refractivity contribution >= 4 is 23.2 Å². The van der Waals surface area contributed by atoms with Gasteiger partial charge in [0.15, 0.2) is 22.7 Å². The highest BCUT2D eigenvalue weighted by molar-refractivity contribution is 6.23. The monoisotopic (exact) mass is 610 g/mol. The number of likely N-dealkylation sites (N-methyl/N-ethyl adjacent to an activating group) is 1. The second-order valence-corrected chi connectivity index (χ2v) is 11.8. The van der Waals surface area contributed by atoms with Gasteiger partial charge in [-0.1, -0.05) is 0 Å². The molecule has 1 saturated heterocycles. The number of nitrogens with one attached hydrogen (secondary N) is 2. The number of benzene rings is 1. The number of hydrogen-bond donors (Lipinski definition) is 7. The summed E-state index contributed by atoms with van der Waals surface area (Å²) in [6, 6.07) is -0.357. The Hall–Kier alpha value is -3.46. The van der Waals surface area contributed by atoms with Crippen LogP contribution in [0.1, 0.15) is 35.1 Å². The van der Waals surface area contributed by atoms with E-state index in [1.807, 2.05) is 0 Å². The van der Waals surface area contributed by atoms with Crippen LogP contribution in [0.5, 0.6) is 5.75 Å². The summed E-state index contributed by atoms with van der Waals surface area (Å²) in [5.41, 5.74) is -6.24. The molecule has 1 unspecified atom stereocenters. The van der Waals surface area contributed by atoms with Gasteiger partial charge in [-0.2, -0.15) is 13.2 Å². The van der Waals surface area contributed by atoms with Crippen molar-refractivity contribution in [2.24, 2.45) is 17.8 Å². The number of ketones is 2. The Morgan fingerprint density at radius 2 is 1.93 bits per heavy atom. The summed E-state index contributed by atoms with van der Waals surface area (Å²) in [5.74, 6) is -7.86. The van der Waals surface area contributed by atoms with Crippen LogP contribution in [-0.4, -0.2) is 100 Å². The predicted molar refractivity (Wildman–Crippen MR) is 145 cm³/mol. The summed E-state index contributed by atoms with van der Waals surface area (Å²) < 4.78 is 49.2. The Morgan fingerprint density at radius 1 is 1.23 bits per heavy atom. The minimum atomic E-state index is -4.88. The molecule has 1 aliphatic heterocycles. The number of aromatic hydroxyl groups is 1. The number of halogens is 3. The van der Waals surface area contributed by atoms with Crippen molar-refractivity contribution in [1.82, 2.24) is 10.2 Å². The average molecular weight is 611 g/mol. The van der Waals surface area contributed by atoms with Gasteiger partial charge in [-0.05, 0) is 62.4 Å². The van der Waals surface area contributed by atoms with Gasteiger partial charge in [0.25, 0.3) is 0 Å². The van der Waals surface area contributed by atoms with E-state index in [0.29, 0.717) is 19.8 Å². The molecular weight excluding hydrogens is 575 g/mol. The van der Waals surface area contributed by atoms with E-state index in [4.69, 9.17) is 4.74 Å². The molecule has 5 rings (SSSR count). The Labute approximate surface area is 245 Å². The molecule has 14 heteroatoms. The number of rotatable bonds is 6. The molecule has 11 nitrogen and oxygen atoms in total. The number of phenols is 1. The fraction of sp³-hybridized carbons (Fsp3) is 0.552. The number of phenolic OH excluding ortho intramolecular Hbond substituents is 1. The van der Waals surface area contributed by atoms with Crippen LogP contribution in [0.15, 0.2) is 23.0 Å². The molecule has 0 aromatic heterocycles. The molecule has 4 aliphatic rings. The number of hydrogen-bond acceptors (Lipinski definition) is 9. The first-order valence-electron chi connectivity index (χ1n) is 14.0. The molecule has 1 saturated carbocycles. The number of carbonyl (C=O) groups excluding carboxylic acids is 2. The molecule has 3 aliphatic carbocycles. The van der Waals surface area contributed by atoms with Crippen molar-refractivity contribution in [2.45, 2.75) is 43.6 Å². The molecule has 5 atom stereocenters. The van der Waals surface area contributed by atoms with Crippen molar-refractivity contribution in [1.29, 1.82) is 0 Å². The van der Waals surface area contributed by atoms with Gasteiger partial charge in [-0.25, -0.2) is 4.99 Å². The summed E-state index contributed by atoms with van der Waals surface area (Å²) in [5, 5.41) is 58.4. The van der Waals surface area contributed by atoms with E-state index < -0.39 is 98.6 Å². The van der Waals surface area contributed by atoms with E-state index in [0.717, 1.165) is 12.5 Å². The maximum atomic E-state index is 14.6. The number of ether oxygens (including phenoxy) is 1. The molecule has 2 fully saturated rings. The number of alkyl halides is 3. The van der Waals surface area contributed by atoms with Crippen molar-refractivity contribution in [3.63, 3.8) is 0 Å². The third-order valence-corrected chi connectivity index (χ3v) is 9.09. The second-order valence-electron chi connectivity index (χ2n) is 11.8. The fourth-order valence-electron chi connectivity index (χ4n) is 7.15. The van der Waals surface area contributed by atoms with Crippen LogP contribution in [-0.2, 0) is 33.5 Å². The topological polar surface area (TPSA) is 174 Å². The second kappa shape index (κ2) is 10.9. The lowest BCUT2D eigenvalue weighted by atomic mass is 9.57. The van der Waals surface area contributed by atoms with E-state index in [9.17, 15) is 48.3 Å². The Kier molecular flexibility index (Phi) is 7.86. The molecule has 7 N–H and O–H groups in total. The standard InChI is InChI=1S/C29H34F3N3O8/c1-33-27(41)20-24(38)22(35(2)3)16-7-13-6-15-19(23(37)18(13)25(39)28(16,42)26(20)40)17(36)8-14(21(15)29(30,31)32)10-34-9-12-4-5-43-11-12/h8,12-13,16,22,34,36-37,40,42H,4-7,9-11H2,1-3H3,(H,33,41)/p+1/t12?,13-,16-,22-,28-/m0/s1. The van der Waals surface area contributed by atoms with Crippen molar-refractivity contribution in [2.75, 3.05) is 40.9 Å². The van der Waals surface area contributed by atoms with Gasteiger partial charge in [-0.15, -0.1) is 0 Å². The SMILES string of the molecule is C[NH+]=C(O)C1=C(O)[C@@]2(O)C(=O)C3=C(O)c4c(O)cc(CNCC5CCOC5)c(C(F)(F)F)c4C[C@H]3C[C@H]2[C@H](N(C)C)C1=O. The predicted octanol–water partition coefficient (Wildman–Crippen LogP) is 0.291. The van der Waals surface area contributed by atoms with Crippen molar-refractivity contribution in [3.8, 4) is 5.75 Å². The molecule has 0 amide bonds. The zero-order chi connectivity index (χ0) is 31.6. The van der Waals surface area contributed by atoms with Crippen LogP contribution in [0.4, 0.5) is 13.2 Å². The highest BCUT2D eigenvalue weighted by atomic mass is 19.4. The van der Waals surface area contributed by atoms with Gasteiger partial charge < -0.3 is 35.6 Å². The molecule has 1 aromatic carbocycles. The lowest BCUT2D eigenvalue weighted by Gasteiger charge is -2.50. The quantitative estimate of drug-likeness (QED) is 0.175. The number of nitrogens with zero attached hydrogens (tertiary/aromatic N) is 1. The summed E-state index contributed by atoms with van der Waals surface area (Å²) in [4.78, 5) is 31.1. The summed E-state index contributed by atoms with van der Waals surface area (Å²) in [7, 11) is 4.22. The van der Waals surface area contributed by atoms with Crippen LogP contribution in [0, 0.1) is 17.8 Å². The number of aliphatic hydroxyl groups is 4. The minimum absolute atomic E-state index is 0.142. The molecule has 0 bridgehead atoms. The van der Waals surface area contributed by atoms with Crippen LogP contribution in [0.2, 0.25) is 0 Å². The lowest BCUT2D eigenvalue weighted by Crippen LogP contribution is -2.72. The summed E-state index contributed by atoms with van der Waals surface area (Å²) in [6.45, 7) is 1.25. The minimum Gasteiger partial charge on any atom is -0.508 e. The van der Waals surface area contributed by atoms with E-state index >= 15 is 0 Å². The molecule has 1 heterocycles.